The summed E-state index contributed by atoms with van der Waals surface area (Å²) in [6.45, 7) is 2.17. The summed E-state index contributed by atoms with van der Waals surface area (Å²) in [6.07, 6.45) is 0.681. The number of para-hydroxylation sites is 3. The van der Waals surface area contributed by atoms with Gasteiger partial charge in [0, 0.05) is 23.1 Å². The Morgan fingerprint density at radius 1 is 1.15 bits per heavy atom. The molecular weight excluding hydrogens is 342 g/mol. The molecule has 0 fully saturated rings. The quantitative estimate of drug-likeness (QED) is 0.735. The number of carbonyl (C=O) groups is 1. The molecule has 1 aromatic heterocycles. The summed E-state index contributed by atoms with van der Waals surface area (Å²) in [5, 5.41) is 4.25. The fourth-order valence-electron chi connectivity index (χ4n) is 3.84. The summed E-state index contributed by atoms with van der Waals surface area (Å²) in [5.41, 5.74) is 3.59. The first kappa shape index (κ1) is 16.1. The molecule has 3 heterocycles. The van der Waals surface area contributed by atoms with Crippen LogP contribution in [0, 0.1) is 0 Å². The summed E-state index contributed by atoms with van der Waals surface area (Å²) in [7, 11) is 0. The largest absolute Gasteiger partial charge is 0.486 e. The number of nitrogens with zero attached hydrogens (tertiary/aromatic N) is 1. The van der Waals surface area contributed by atoms with Gasteiger partial charge in [-0.3, -0.25) is 0 Å². The highest BCUT2D eigenvalue weighted by molar-refractivity contribution is 5.85. The molecule has 0 radical (unpaired) electrons. The number of fused-ring (bicyclic) bond motifs is 4. The van der Waals surface area contributed by atoms with Crippen molar-refractivity contribution in [3.63, 3.8) is 0 Å². The van der Waals surface area contributed by atoms with Crippen molar-refractivity contribution < 1.29 is 14.3 Å². The highest BCUT2D eigenvalue weighted by atomic mass is 16.6. The third kappa shape index (κ3) is 2.97. The first-order valence-electron chi connectivity index (χ1n) is 9.27. The topological polar surface area (TPSA) is 66.6 Å². The normalized spacial score (nSPS) is 18.2. The van der Waals surface area contributed by atoms with Crippen molar-refractivity contribution in [2.75, 3.05) is 19.7 Å². The minimum absolute atomic E-state index is 0.0678. The zero-order valence-electron chi connectivity index (χ0n) is 14.9. The van der Waals surface area contributed by atoms with Gasteiger partial charge in [-0.2, -0.15) is 0 Å². The van der Waals surface area contributed by atoms with E-state index < -0.39 is 0 Å². The Morgan fingerprint density at radius 3 is 2.89 bits per heavy atom. The fraction of sp³-hybridized carbons (Fsp3) is 0.286. The predicted octanol–water partition coefficient (Wildman–Crippen LogP) is 3.08. The van der Waals surface area contributed by atoms with Gasteiger partial charge in [0.1, 0.15) is 6.61 Å². The number of hydrogen-bond acceptors (Lipinski definition) is 3. The van der Waals surface area contributed by atoms with Crippen molar-refractivity contribution in [2.24, 2.45) is 0 Å². The van der Waals surface area contributed by atoms with Gasteiger partial charge in [-0.15, -0.1) is 0 Å². The van der Waals surface area contributed by atoms with E-state index in [1.807, 2.05) is 35.2 Å². The average Bonchev–Trinajstić information content (AvgIpc) is 3.09. The highest BCUT2D eigenvalue weighted by Crippen LogP contribution is 2.31. The molecule has 0 aliphatic carbocycles. The maximum absolute atomic E-state index is 12.6. The van der Waals surface area contributed by atoms with E-state index in [1.165, 1.54) is 10.9 Å². The lowest BCUT2D eigenvalue weighted by molar-refractivity contribution is 0.0898. The zero-order valence-corrected chi connectivity index (χ0v) is 14.9. The van der Waals surface area contributed by atoms with Crippen molar-refractivity contribution in [1.82, 2.24) is 15.2 Å². The number of urea groups is 1. The summed E-state index contributed by atoms with van der Waals surface area (Å²) in [5.74, 6) is 1.48. The second-order valence-corrected chi connectivity index (χ2v) is 6.98. The molecule has 0 bridgehead atoms. The fourth-order valence-corrected chi connectivity index (χ4v) is 3.84. The van der Waals surface area contributed by atoms with E-state index in [0.717, 1.165) is 29.1 Å². The van der Waals surface area contributed by atoms with Gasteiger partial charge in [0.15, 0.2) is 17.6 Å². The number of carbonyl (C=O) groups excluding carboxylic acids is 1. The third-order valence-corrected chi connectivity index (χ3v) is 5.22. The maximum Gasteiger partial charge on any atom is 0.317 e. The minimum Gasteiger partial charge on any atom is -0.486 e. The molecule has 2 amide bonds. The smallest absolute Gasteiger partial charge is 0.317 e. The van der Waals surface area contributed by atoms with Crippen LogP contribution in [-0.2, 0) is 13.0 Å². The predicted molar refractivity (Wildman–Crippen MR) is 102 cm³/mol. The summed E-state index contributed by atoms with van der Waals surface area (Å²) in [4.78, 5) is 17.9. The zero-order chi connectivity index (χ0) is 18.2. The Labute approximate surface area is 157 Å². The molecule has 6 heteroatoms. The van der Waals surface area contributed by atoms with Crippen LogP contribution in [0.25, 0.3) is 10.9 Å². The molecule has 0 spiro atoms. The van der Waals surface area contributed by atoms with Gasteiger partial charge in [0.05, 0.1) is 13.1 Å². The molecule has 2 aromatic carbocycles. The van der Waals surface area contributed by atoms with Crippen LogP contribution in [0.5, 0.6) is 11.5 Å². The van der Waals surface area contributed by atoms with Crippen molar-refractivity contribution in [3.8, 4) is 11.5 Å². The van der Waals surface area contributed by atoms with Crippen molar-refractivity contribution in [1.29, 1.82) is 0 Å². The number of aromatic amines is 1. The monoisotopic (exact) mass is 363 g/mol. The molecule has 5 rings (SSSR count). The lowest BCUT2D eigenvalue weighted by Gasteiger charge is -2.30. The highest BCUT2D eigenvalue weighted by Gasteiger charge is 2.26. The van der Waals surface area contributed by atoms with Crippen molar-refractivity contribution in [2.45, 2.75) is 19.1 Å². The van der Waals surface area contributed by atoms with E-state index in [4.69, 9.17) is 9.47 Å². The van der Waals surface area contributed by atoms with Gasteiger partial charge in [-0.25, -0.2) is 4.79 Å². The number of nitrogens with one attached hydrogen (secondary N) is 2. The van der Waals surface area contributed by atoms with Gasteiger partial charge in [-0.1, -0.05) is 30.3 Å². The Bertz CT molecular complexity index is 997. The Morgan fingerprint density at radius 2 is 1.96 bits per heavy atom. The molecule has 2 aliphatic rings. The molecule has 1 atom stereocenters. The standard InChI is InChI=1S/C21H21N3O3/c25-21(22-11-14-13-26-19-7-3-4-8-20(19)27-14)24-10-9-16-15-5-1-2-6-17(15)23-18(16)12-24/h1-8,14,23H,9-13H2,(H,22,25). The van der Waals surface area contributed by atoms with E-state index >= 15 is 0 Å². The second kappa shape index (κ2) is 6.54. The molecule has 6 nitrogen and oxygen atoms in total. The number of rotatable bonds is 2. The van der Waals surface area contributed by atoms with Crippen LogP contribution in [-0.4, -0.2) is 41.7 Å². The van der Waals surface area contributed by atoms with Crippen molar-refractivity contribution >= 4 is 16.9 Å². The van der Waals surface area contributed by atoms with E-state index in [9.17, 15) is 4.79 Å². The van der Waals surface area contributed by atoms with Gasteiger partial charge in [0.2, 0.25) is 0 Å². The SMILES string of the molecule is O=C(NCC1COc2ccccc2O1)N1CCc2c([nH]c3ccccc23)C1. The van der Waals surface area contributed by atoms with Gasteiger partial charge >= 0.3 is 6.03 Å². The molecule has 3 aromatic rings. The van der Waals surface area contributed by atoms with Crippen LogP contribution < -0.4 is 14.8 Å². The summed E-state index contributed by atoms with van der Waals surface area (Å²) in [6, 6.07) is 15.8. The van der Waals surface area contributed by atoms with E-state index in [1.54, 1.807) is 0 Å². The van der Waals surface area contributed by atoms with Crippen LogP contribution in [0.2, 0.25) is 0 Å². The van der Waals surface area contributed by atoms with E-state index in [-0.39, 0.29) is 12.1 Å². The third-order valence-electron chi connectivity index (χ3n) is 5.22. The molecule has 2 aliphatic heterocycles. The lowest BCUT2D eigenvalue weighted by atomic mass is 10.0. The van der Waals surface area contributed by atoms with Crippen LogP contribution in [0.4, 0.5) is 4.79 Å². The maximum atomic E-state index is 12.6. The summed E-state index contributed by atoms with van der Waals surface area (Å²) < 4.78 is 11.6. The van der Waals surface area contributed by atoms with E-state index in [0.29, 0.717) is 26.2 Å². The molecule has 2 N–H and O–H groups in total. The van der Waals surface area contributed by atoms with Gasteiger partial charge in [0.25, 0.3) is 0 Å². The first-order chi connectivity index (χ1) is 13.3. The molecule has 1 unspecified atom stereocenters. The number of H-pyrrole nitrogens is 1. The van der Waals surface area contributed by atoms with Crippen LogP contribution in [0.3, 0.4) is 0 Å². The summed E-state index contributed by atoms with van der Waals surface area (Å²) >= 11 is 0. The van der Waals surface area contributed by atoms with Gasteiger partial charge in [-0.05, 0) is 30.2 Å². The lowest BCUT2D eigenvalue weighted by Crippen LogP contribution is -2.47. The van der Waals surface area contributed by atoms with Crippen LogP contribution in [0.1, 0.15) is 11.3 Å². The molecule has 0 saturated carbocycles. The second-order valence-electron chi connectivity index (χ2n) is 6.98. The minimum atomic E-state index is -0.183. The molecule has 138 valence electrons. The van der Waals surface area contributed by atoms with Crippen molar-refractivity contribution in [3.05, 3.63) is 59.8 Å². The number of amides is 2. The van der Waals surface area contributed by atoms with Gasteiger partial charge < -0.3 is 24.7 Å². The Hall–Kier alpha value is -3.15. The number of benzene rings is 2. The number of aromatic nitrogens is 1. The van der Waals surface area contributed by atoms with Crippen LogP contribution >= 0.6 is 0 Å². The average molecular weight is 363 g/mol. The Kier molecular flexibility index (Phi) is 3.89. The first-order valence-corrected chi connectivity index (χ1v) is 9.27. The van der Waals surface area contributed by atoms with E-state index in [2.05, 4.69) is 28.5 Å². The molecule has 0 saturated heterocycles. The number of ether oxygens (including phenoxy) is 2. The number of hydrogen-bond donors (Lipinski definition) is 2. The molecule has 27 heavy (non-hydrogen) atoms. The van der Waals surface area contributed by atoms with Crippen LogP contribution in [0.15, 0.2) is 48.5 Å². The Balaban J connectivity index is 1.21. The molecular formula is C21H21N3O3.